The number of methoxy groups -OCH3 is 1. The molecule has 19 heavy (non-hydrogen) atoms. The first-order valence-electron chi connectivity index (χ1n) is 6.46. The van der Waals surface area contributed by atoms with Crippen LogP contribution in [0.5, 0.6) is 5.75 Å². The van der Waals surface area contributed by atoms with Crippen molar-refractivity contribution in [1.82, 2.24) is 5.32 Å². The van der Waals surface area contributed by atoms with Gasteiger partial charge in [-0.1, -0.05) is 31.4 Å². The lowest BCUT2D eigenvalue weighted by Crippen LogP contribution is -2.40. The highest BCUT2D eigenvalue weighted by atomic mass is 35.5. The molecule has 0 spiro atoms. The van der Waals surface area contributed by atoms with Gasteiger partial charge in [0.25, 0.3) is 5.91 Å². The third-order valence-corrected chi connectivity index (χ3v) is 3.17. The molecule has 0 saturated carbocycles. The summed E-state index contributed by atoms with van der Waals surface area (Å²) in [4.78, 5) is 12.2. The molecule has 0 aliphatic rings. The topological polar surface area (TPSA) is 64.3 Å². The van der Waals surface area contributed by atoms with E-state index in [1.807, 2.05) is 0 Å². The Labute approximate surface area is 119 Å². The predicted molar refractivity (Wildman–Crippen MR) is 77.8 cm³/mol. The number of ether oxygens (including phenoxy) is 1. The van der Waals surface area contributed by atoms with E-state index >= 15 is 0 Å². The van der Waals surface area contributed by atoms with Gasteiger partial charge in [-0.05, 0) is 24.6 Å². The van der Waals surface area contributed by atoms with Crippen molar-refractivity contribution in [2.75, 3.05) is 13.7 Å². The predicted octanol–water partition coefficient (Wildman–Crippen LogP) is 2.60. The summed E-state index contributed by atoms with van der Waals surface area (Å²) in [6.07, 6.45) is 2.99. The highest BCUT2D eigenvalue weighted by Gasteiger charge is 2.16. The molecule has 0 bridgehead atoms. The molecule has 1 amide bonds. The second-order valence-corrected chi connectivity index (χ2v) is 4.83. The van der Waals surface area contributed by atoms with Crippen LogP contribution in [0.3, 0.4) is 0 Å². The number of carbonyl (C=O) groups is 1. The van der Waals surface area contributed by atoms with E-state index in [9.17, 15) is 4.79 Å². The first-order valence-corrected chi connectivity index (χ1v) is 6.84. The van der Waals surface area contributed by atoms with Crippen LogP contribution in [-0.4, -0.2) is 25.6 Å². The van der Waals surface area contributed by atoms with Gasteiger partial charge >= 0.3 is 0 Å². The van der Waals surface area contributed by atoms with Crippen LogP contribution in [-0.2, 0) is 0 Å². The van der Waals surface area contributed by atoms with Crippen molar-refractivity contribution in [3.05, 3.63) is 28.8 Å². The molecule has 1 rings (SSSR count). The Hall–Kier alpha value is -1.26. The zero-order valence-electron chi connectivity index (χ0n) is 11.4. The van der Waals surface area contributed by atoms with Crippen molar-refractivity contribution >= 4 is 17.5 Å². The minimum absolute atomic E-state index is 0.0175. The van der Waals surface area contributed by atoms with E-state index in [0.29, 0.717) is 22.9 Å². The Balaban J connectivity index is 2.78. The summed E-state index contributed by atoms with van der Waals surface area (Å²) in [5.41, 5.74) is 6.10. The third kappa shape index (κ3) is 4.73. The average Bonchev–Trinajstić information content (AvgIpc) is 2.43. The van der Waals surface area contributed by atoms with Crippen LogP contribution in [0.1, 0.15) is 36.5 Å². The molecule has 0 radical (unpaired) electrons. The second kappa shape index (κ2) is 8.02. The van der Waals surface area contributed by atoms with Gasteiger partial charge in [-0.15, -0.1) is 0 Å². The van der Waals surface area contributed by atoms with E-state index in [4.69, 9.17) is 22.1 Å². The van der Waals surface area contributed by atoms with Crippen molar-refractivity contribution in [3.63, 3.8) is 0 Å². The van der Waals surface area contributed by atoms with E-state index in [-0.39, 0.29) is 11.9 Å². The number of halogens is 1. The van der Waals surface area contributed by atoms with Gasteiger partial charge in [0.1, 0.15) is 5.75 Å². The molecule has 1 unspecified atom stereocenters. The fourth-order valence-electron chi connectivity index (χ4n) is 1.82. The van der Waals surface area contributed by atoms with Crippen LogP contribution in [0, 0.1) is 0 Å². The maximum atomic E-state index is 12.2. The Bertz CT molecular complexity index is 424. The minimum atomic E-state index is -0.203. The van der Waals surface area contributed by atoms with Crippen LogP contribution in [0.15, 0.2) is 18.2 Å². The largest absolute Gasteiger partial charge is 0.496 e. The molecule has 0 saturated heterocycles. The van der Waals surface area contributed by atoms with Gasteiger partial charge in [-0.25, -0.2) is 0 Å². The molecule has 0 aliphatic heterocycles. The maximum absolute atomic E-state index is 12.2. The molecule has 0 aliphatic carbocycles. The Morgan fingerprint density at radius 2 is 2.26 bits per heavy atom. The quantitative estimate of drug-likeness (QED) is 0.809. The van der Waals surface area contributed by atoms with Crippen molar-refractivity contribution < 1.29 is 9.53 Å². The van der Waals surface area contributed by atoms with Gasteiger partial charge in [0.05, 0.1) is 12.7 Å². The van der Waals surface area contributed by atoms with Crippen molar-refractivity contribution in [3.8, 4) is 5.75 Å². The number of hydrogen-bond donors (Lipinski definition) is 2. The summed E-state index contributed by atoms with van der Waals surface area (Å²) in [5, 5.41) is 3.42. The number of amides is 1. The van der Waals surface area contributed by atoms with Crippen LogP contribution >= 0.6 is 11.6 Å². The van der Waals surface area contributed by atoms with E-state index in [1.165, 1.54) is 7.11 Å². The number of hydrogen-bond acceptors (Lipinski definition) is 3. The third-order valence-electron chi connectivity index (χ3n) is 2.93. The molecule has 1 aromatic carbocycles. The first-order chi connectivity index (χ1) is 9.12. The average molecular weight is 285 g/mol. The van der Waals surface area contributed by atoms with Gasteiger partial charge in [-0.2, -0.15) is 0 Å². The SMILES string of the molecule is CCCCC(CN)NC(=O)c1cc(Cl)ccc1OC. The molecular formula is C14H21ClN2O2. The van der Waals surface area contributed by atoms with Crippen LogP contribution in [0.25, 0.3) is 0 Å². The monoisotopic (exact) mass is 284 g/mol. The summed E-state index contributed by atoms with van der Waals surface area (Å²) < 4.78 is 5.17. The van der Waals surface area contributed by atoms with Gasteiger partial charge in [0, 0.05) is 17.6 Å². The van der Waals surface area contributed by atoms with Crippen molar-refractivity contribution in [2.24, 2.45) is 5.73 Å². The zero-order valence-corrected chi connectivity index (χ0v) is 12.2. The summed E-state index contributed by atoms with van der Waals surface area (Å²) in [5.74, 6) is 0.305. The molecule has 5 heteroatoms. The second-order valence-electron chi connectivity index (χ2n) is 4.39. The lowest BCUT2D eigenvalue weighted by molar-refractivity contribution is 0.0932. The molecule has 106 valence electrons. The molecular weight excluding hydrogens is 264 g/mol. The standard InChI is InChI=1S/C14H21ClN2O2/c1-3-4-5-11(9-16)17-14(18)12-8-10(15)6-7-13(12)19-2/h6-8,11H,3-5,9,16H2,1-2H3,(H,17,18). The molecule has 3 N–H and O–H groups in total. The van der Waals surface area contributed by atoms with Crippen LogP contribution in [0.2, 0.25) is 5.02 Å². The number of carbonyl (C=O) groups excluding carboxylic acids is 1. The van der Waals surface area contributed by atoms with E-state index in [0.717, 1.165) is 19.3 Å². The lowest BCUT2D eigenvalue weighted by Gasteiger charge is -2.17. The summed E-state index contributed by atoms with van der Waals surface area (Å²) in [6, 6.07) is 4.95. The number of nitrogens with one attached hydrogen (secondary N) is 1. The minimum Gasteiger partial charge on any atom is -0.496 e. The van der Waals surface area contributed by atoms with Gasteiger partial charge in [0.2, 0.25) is 0 Å². The van der Waals surface area contributed by atoms with Crippen molar-refractivity contribution in [2.45, 2.75) is 32.2 Å². The number of unbranched alkanes of at least 4 members (excludes halogenated alkanes) is 1. The highest BCUT2D eigenvalue weighted by molar-refractivity contribution is 6.31. The highest BCUT2D eigenvalue weighted by Crippen LogP contribution is 2.22. The van der Waals surface area contributed by atoms with Gasteiger partial charge in [-0.3, -0.25) is 4.79 Å². The fourth-order valence-corrected chi connectivity index (χ4v) is 1.99. The Kier molecular flexibility index (Phi) is 6.67. The van der Waals surface area contributed by atoms with E-state index < -0.39 is 0 Å². The molecule has 4 nitrogen and oxygen atoms in total. The van der Waals surface area contributed by atoms with Crippen molar-refractivity contribution in [1.29, 1.82) is 0 Å². The van der Waals surface area contributed by atoms with Gasteiger partial charge < -0.3 is 15.8 Å². The summed E-state index contributed by atoms with van der Waals surface area (Å²) >= 11 is 5.91. The summed E-state index contributed by atoms with van der Waals surface area (Å²) in [6.45, 7) is 2.53. The molecule has 1 atom stereocenters. The van der Waals surface area contributed by atoms with E-state index in [2.05, 4.69) is 12.2 Å². The smallest absolute Gasteiger partial charge is 0.255 e. The first kappa shape index (κ1) is 15.8. The Morgan fingerprint density at radius 3 is 2.84 bits per heavy atom. The lowest BCUT2D eigenvalue weighted by atomic mass is 10.1. The van der Waals surface area contributed by atoms with Crippen LogP contribution < -0.4 is 15.8 Å². The number of nitrogens with two attached hydrogens (primary N) is 1. The van der Waals surface area contributed by atoms with Crippen LogP contribution in [0.4, 0.5) is 0 Å². The maximum Gasteiger partial charge on any atom is 0.255 e. The van der Waals surface area contributed by atoms with Gasteiger partial charge in [0.15, 0.2) is 0 Å². The normalized spacial score (nSPS) is 12.0. The molecule has 0 fully saturated rings. The molecule has 1 aromatic rings. The number of benzene rings is 1. The molecule has 0 aromatic heterocycles. The number of rotatable bonds is 7. The zero-order chi connectivity index (χ0) is 14.3. The van der Waals surface area contributed by atoms with E-state index in [1.54, 1.807) is 18.2 Å². The summed E-state index contributed by atoms with van der Waals surface area (Å²) in [7, 11) is 1.53. The Morgan fingerprint density at radius 1 is 1.53 bits per heavy atom. The molecule has 0 heterocycles. The fraction of sp³-hybridized carbons (Fsp3) is 0.500.